The number of terminal acetylenes is 1. The number of carbonyl (C=O) groups is 1. The van der Waals surface area contributed by atoms with Crippen LogP contribution in [0.4, 0.5) is 18.9 Å². The van der Waals surface area contributed by atoms with Crippen molar-refractivity contribution >= 4 is 23.2 Å². The maximum atomic E-state index is 12.8. The fourth-order valence-corrected chi connectivity index (χ4v) is 2.00. The van der Waals surface area contributed by atoms with Gasteiger partial charge in [-0.25, -0.2) is 0 Å². The Morgan fingerprint density at radius 2 is 1.91 bits per heavy atom. The summed E-state index contributed by atoms with van der Waals surface area (Å²) < 4.78 is 38.3. The number of halogens is 4. The zero-order chi connectivity index (χ0) is 16.3. The first kappa shape index (κ1) is 15.9. The lowest BCUT2D eigenvalue weighted by atomic mass is 10.1. The van der Waals surface area contributed by atoms with E-state index in [2.05, 4.69) is 11.2 Å². The molecular formula is C16H9ClF3NO. The van der Waals surface area contributed by atoms with Gasteiger partial charge >= 0.3 is 6.18 Å². The van der Waals surface area contributed by atoms with E-state index in [9.17, 15) is 18.0 Å². The molecular weight excluding hydrogens is 315 g/mol. The zero-order valence-corrected chi connectivity index (χ0v) is 11.8. The van der Waals surface area contributed by atoms with Gasteiger partial charge in [-0.3, -0.25) is 4.79 Å². The van der Waals surface area contributed by atoms with Crippen LogP contribution in [0.2, 0.25) is 5.02 Å². The van der Waals surface area contributed by atoms with Crippen molar-refractivity contribution in [3.05, 3.63) is 64.2 Å². The molecule has 112 valence electrons. The first-order chi connectivity index (χ1) is 10.3. The summed E-state index contributed by atoms with van der Waals surface area (Å²) in [6.45, 7) is 0. The van der Waals surface area contributed by atoms with E-state index in [4.69, 9.17) is 18.0 Å². The van der Waals surface area contributed by atoms with Crippen LogP contribution >= 0.6 is 11.6 Å². The smallest absolute Gasteiger partial charge is 0.322 e. The van der Waals surface area contributed by atoms with Crippen LogP contribution in [-0.2, 0) is 6.18 Å². The van der Waals surface area contributed by atoms with Crippen molar-refractivity contribution in [3.8, 4) is 12.3 Å². The van der Waals surface area contributed by atoms with Crippen LogP contribution in [0.15, 0.2) is 42.5 Å². The average Bonchev–Trinajstić information content (AvgIpc) is 2.48. The van der Waals surface area contributed by atoms with Crippen LogP contribution in [0.3, 0.4) is 0 Å². The van der Waals surface area contributed by atoms with E-state index >= 15 is 0 Å². The van der Waals surface area contributed by atoms with Gasteiger partial charge in [0.15, 0.2) is 0 Å². The molecule has 0 fully saturated rings. The first-order valence-electron chi connectivity index (χ1n) is 6.06. The van der Waals surface area contributed by atoms with Crippen LogP contribution < -0.4 is 5.32 Å². The molecule has 0 aliphatic carbocycles. The van der Waals surface area contributed by atoms with Crippen molar-refractivity contribution in [1.82, 2.24) is 0 Å². The fourth-order valence-electron chi connectivity index (χ4n) is 1.77. The second kappa shape index (κ2) is 6.12. The van der Waals surface area contributed by atoms with E-state index in [1.165, 1.54) is 18.2 Å². The summed E-state index contributed by atoms with van der Waals surface area (Å²) in [5.74, 6) is 1.81. The topological polar surface area (TPSA) is 29.1 Å². The van der Waals surface area contributed by atoms with Gasteiger partial charge in [0.2, 0.25) is 0 Å². The SMILES string of the molecule is C#Cc1cccc(C(=O)Nc2ccc(Cl)c(C(F)(F)F)c2)c1. The van der Waals surface area contributed by atoms with Gasteiger partial charge in [-0.15, -0.1) is 6.42 Å². The highest BCUT2D eigenvalue weighted by atomic mass is 35.5. The first-order valence-corrected chi connectivity index (χ1v) is 6.44. The summed E-state index contributed by atoms with van der Waals surface area (Å²) in [5.41, 5.74) is -0.268. The number of carbonyl (C=O) groups excluding carboxylic acids is 1. The standard InChI is InChI=1S/C16H9ClF3NO/c1-2-10-4-3-5-11(8-10)15(22)21-12-6-7-14(17)13(9-12)16(18,19)20/h1,3-9H,(H,21,22). The minimum absolute atomic E-state index is 0.00663. The van der Waals surface area contributed by atoms with Gasteiger partial charge in [-0.1, -0.05) is 23.6 Å². The molecule has 0 saturated carbocycles. The molecule has 0 radical (unpaired) electrons. The number of benzene rings is 2. The number of hydrogen-bond donors (Lipinski definition) is 1. The van der Waals surface area contributed by atoms with Crippen LogP contribution in [-0.4, -0.2) is 5.91 Å². The van der Waals surface area contributed by atoms with E-state index < -0.39 is 22.7 Å². The van der Waals surface area contributed by atoms with E-state index in [1.807, 2.05) is 0 Å². The summed E-state index contributed by atoms with van der Waals surface area (Å²) in [7, 11) is 0. The third-order valence-corrected chi connectivity index (χ3v) is 3.15. The lowest BCUT2D eigenvalue weighted by molar-refractivity contribution is -0.137. The normalized spacial score (nSPS) is 10.9. The number of anilines is 1. The molecule has 6 heteroatoms. The Balaban J connectivity index is 2.27. The molecule has 2 rings (SSSR count). The second-order valence-corrected chi connectivity index (χ2v) is 4.78. The Morgan fingerprint density at radius 3 is 2.55 bits per heavy atom. The number of rotatable bonds is 2. The summed E-state index contributed by atoms with van der Waals surface area (Å²) >= 11 is 5.52. The van der Waals surface area contributed by atoms with Crippen molar-refractivity contribution in [3.63, 3.8) is 0 Å². The van der Waals surface area contributed by atoms with Gasteiger partial charge in [0, 0.05) is 16.8 Å². The second-order valence-electron chi connectivity index (χ2n) is 4.37. The van der Waals surface area contributed by atoms with Crippen molar-refractivity contribution < 1.29 is 18.0 Å². The van der Waals surface area contributed by atoms with Gasteiger partial charge in [0.1, 0.15) is 0 Å². The van der Waals surface area contributed by atoms with Crippen molar-refractivity contribution in [1.29, 1.82) is 0 Å². The van der Waals surface area contributed by atoms with E-state index in [-0.39, 0.29) is 11.3 Å². The highest BCUT2D eigenvalue weighted by Gasteiger charge is 2.33. The van der Waals surface area contributed by atoms with Gasteiger partial charge in [0.25, 0.3) is 5.91 Å². The highest BCUT2D eigenvalue weighted by Crippen LogP contribution is 2.36. The van der Waals surface area contributed by atoms with Gasteiger partial charge in [-0.2, -0.15) is 13.2 Å². The van der Waals surface area contributed by atoms with Gasteiger partial charge in [0.05, 0.1) is 10.6 Å². The lowest BCUT2D eigenvalue weighted by Crippen LogP contribution is -2.13. The molecule has 0 atom stereocenters. The Hall–Kier alpha value is -2.45. The summed E-state index contributed by atoms with van der Waals surface area (Å²) in [6.07, 6.45) is 0.638. The molecule has 0 spiro atoms. The molecule has 0 saturated heterocycles. The van der Waals surface area contributed by atoms with E-state index in [0.29, 0.717) is 5.56 Å². The third-order valence-electron chi connectivity index (χ3n) is 2.82. The summed E-state index contributed by atoms with van der Waals surface area (Å²) in [5, 5.41) is 1.95. The predicted molar refractivity (Wildman–Crippen MR) is 78.8 cm³/mol. The molecule has 2 nitrogen and oxygen atoms in total. The van der Waals surface area contributed by atoms with Gasteiger partial charge in [-0.05, 0) is 36.4 Å². The molecule has 22 heavy (non-hydrogen) atoms. The Kier molecular flexibility index (Phi) is 4.43. The number of hydrogen-bond acceptors (Lipinski definition) is 1. The molecule has 0 bridgehead atoms. The van der Waals surface area contributed by atoms with Crippen LogP contribution in [0, 0.1) is 12.3 Å². The largest absolute Gasteiger partial charge is 0.417 e. The zero-order valence-electron chi connectivity index (χ0n) is 11.0. The van der Waals surface area contributed by atoms with E-state index in [0.717, 1.165) is 12.1 Å². The predicted octanol–water partition coefficient (Wildman–Crippen LogP) is 4.59. The summed E-state index contributed by atoms with van der Waals surface area (Å²) in [6, 6.07) is 9.37. The molecule has 0 heterocycles. The van der Waals surface area contributed by atoms with Crippen LogP contribution in [0.25, 0.3) is 0 Å². The molecule has 2 aromatic carbocycles. The van der Waals surface area contributed by atoms with Crippen molar-refractivity contribution in [2.45, 2.75) is 6.18 Å². The molecule has 2 aromatic rings. The molecule has 1 N–H and O–H groups in total. The Morgan fingerprint density at radius 1 is 1.18 bits per heavy atom. The lowest BCUT2D eigenvalue weighted by Gasteiger charge is -2.12. The number of nitrogens with one attached hydrogen (secondary N) is 1. The number of amides is 1. The van der Waals surface area contributed by atoms with Crippen LogP contribution in [0.1, 0.15) is 21.5 Å². The fraction of sp³-hybridized carbons (Fsp3) is 0.0625. The maximum Gasteiger partial charge on any atom is 0.417 e. The highest BCUT2D eigenvalue weighted by molar-refractivity contribution is 6.31. The molecule has 0 aromatic heterocycles. The van der Waals surface area contributed by atoms with Crippen LogP contribution in [0.5, 0.6) is 0 Å². The van der Waals surface area contributed by atoms with Crippen molar-refractivity contribution in [2.75, 3.05) is 5.32 Å². The molecule has 1 amide bonds. The quantitative estimate of drug-likeness (QED) is 0.804. The average molecular weight is 324 g/mol. The monoisotopic (exact) mass is 323 g/mol. The number of alkyl halides is 3. The van der Waals surface area contributed by atoms with Gasteiger partial charge < -0.3 is 5.32 Å². The molecule has 0 aliphatic rings. The third kappa shape index (κ3) is 3.60. The van der Waals surface area contributed by atoms with Crippen molar-refractivity contribution in [2.24, 2.45) is 0 Å². The Labute approximate surface area is 129 Å². The summed E-state index contributed by atoms with van der Waals surface area (Å²) in [4.78, 5) is 12.0. The Bertz CT molecular complexity index is 763. The molecule has 0 unspecified atom stereocenters. The maximum absolute atomic E-state index is 12.8. The van der Waals surface area contributed by atoms with E-state index in [1.54, 1.807) is 12.1 Å². The minimum atomic E-state index is -4.60. The molecule has 0 aliphatic heterocycles. The minimum Gasteiger partial charge on any atom is -0.322 e.